The largest absolute Gasteiger partial charge is 0.490 e. The van der Waals surface area contributed by atoms with Gasteiger partial charge in [0.25, 0.3) is 0 Å². The standard InChI is InChI=1S/C24H30N4O3/c1-2-25-24(27-19-10-11-21-22(17-19)31-16-6-15-30-21)26-13-5-9-23(29)28-14-12-18-7-3-4-8-20(18)28/h3-4,7-8,10-11,17H,2,5-6,9,12-16H2,1H3,(H2,25,26,27). The number of amides is 1. The molecule has 0 aromatic heterocycles. The molecule has 0 saturated heterocycles. The van der Waals surface area contributed by atoms with E-state index in [-0.39, 0.29) is 5.91 Å². The van der Waals surface area contributed by atoms with E-state index in [0.29, 0.717) is 38.6 Å². The molecule has 0 unspecified atom stereocenters. The zero-order valence-corrected chi connectivity index (χ0v) is 18.0. The second-order valence-electron chi connectivity index (χ2n) is 7.63. The van der Waals surface area contributed by atoms with Crippen LogP contribution in [0.3, 0.4) is 0 Å². The number of guanidine groups is 1. The minimum atomic E-state index is 0.168. The lowest BCUT2D eigenvalue weighted by Gasteiger charge is -2.17. The van der Waals surface area contributed by atoms with E-state index >= 15 is 0 Å². The summed E-state index contributed by atoms with van der Waals surface area (Å²) in [6.45, 7) is 5.45. The van der Waals surface area contributed by atoms with Crippen LogP contribution in [0.15, 0.2) is 47.5 Å². The van der Waals surface area contributed by atoms with Crippen molar-refractivity contribution in [2.75, 3.05) is 43.1 Å². The van der Waals surface area contributed by atoms with Crippen molar-refractivity contribution in [3.8, 4) is 11.5 Å². The van der Waals surface area contributed by atoms with E-state index in [1.807, 2.05) is 48.2 Å². The summed E-state index contributed by atoms with van der Waals surface area (Å²) in [4.78, 5) is 19.2. The maximum atomic E-state index is 12.7. The maximum absolute atomic E-state index is 12.7. The molecule has 2 N–H and O–H groups in total. The fraction of sp³-hybridized carbons (Fsp3) is 0.417. The number of hydrogen-bond acceptors (Lipinski definition) is 4. The third-order valence-corrected chi connectivity index (χ3v) is 5.36. The highest BCUT2D eigenvalue weighted by Gasteiger charge is 2.23. The molecule has 7 nitrogen and oxygen atoms in total. The average Bonchev–Trinajstić information content (AvgIpc) is 3.08. The Kier molecular flexibility index (Phi) is 6.92. The highest BCUT2D eigenvalue weighted by atomic mass is 16.5. The van der Waals surface area contributed by atoms with E-state index in [4.69, 9.17) is 9.47 Å². The highest BCUT2D eigenvalue weighted by molar-refractivity contribution is 5.95. The molecule has 2 aromatic carbocycles. The summed E-state index contributed by atoms with van der Waals surface area (Å²) in [7, 11) is 0. The van der Waals surface area contributed by atoms with Crippen LogP contribution in [0.25, 0.3) is 0 Å². The van der Waals surface area contributed by atoms with Gasteiger partial charge < -0.3 is 25.0 Å². The van der Waals surface area contributed by atoms with Crippen LogP contribution in [0.5, 0.6) is 11.5 Å². The molecule has 0 bridgehead atoms. The molecule has 0 saturated carbocycles. The van der Waals surface area contributed by atoms with Gasteiger partial charge in [0.05, 0.1) is 13.2 Å². The zero-order chi connectivity index (χ0) is 21.5. The second kappa shape index (κ2) is 10.2. The van der Waals surface area contributed by atoms with Gasteiger partial charge in [0.1, 0.15) is 0 Å². The van der Waals surface area contributed by atoms with E-state index < -0.39 is 0 Å². The number of aliphatic imine (C=N–C) groups is 1. The normalized spacial score (nSPS) is 15.3. The van der Waals surface area contributed by atoms with Crippen molar-refractivity contribution in [2.24, 2.45) is 4.99 Å². The Balaban J connectivity index is 1.31. The lowest BCUT2D eigenvalue weighted by Crippen LogP contribution is -2.31. The van der Waals surface area contributed by atoms with Crippen molar-refractivity contribution in [2.45, 2.75) is 32.6 Å². The van der Waals surface area contributed by atoms with Crippen molar-refractivity contribution in [3.05, 3.63) is 48.0 Å². The molecule has 0 spiro atoms. The van der Waals surface area contributed by atoms with E-state index in [9.17, 15) is 4.79 Å². The van der Waals surface area contributed by atoms with Gasteiger partial charge in [0, 0.05) is 49.9 Å². The Hall–Kier alpha value is -3.22. The highest BCUT2D eigenvalue weighted by Crippen LogP contribution is 2.32. The first kappa shape index (κ1) is 21.0. The molecule has 2 aromatic rings. The topological polar surface area (TPSA) is 75.2 Å². The van der Waals surface area contributed by atoms with Crippen LogP contribution in [0.2, 0.25) is 0 Å². The molecular weight excluding hydrogens is 392 g/mol. The van der Waals surface area contributed by atoms with Crippen LogP contribution in [-0.4, -0.2) is 44.7 Å². The van der Waals surface area contributed by atoms with Crippen LogP contribution in [-0.2, 0) is 11.2 Å². The first-order chi connectivity index (χ1) is 15.2. The minimum absolute atomic E-state index is 0.168. The molecule has 2 aliphatic heterocycles. The number of ether oxygens (including phenoxy) is 2. The third-order valence-electron chi connectivity index (χ3n) is 5.36. The summed E-state index contributed by atoms with van der Waals surface area (Å²) in [5.41, 5.74) is 3.19. The van der Waals surface area contributed by atoms with Gasteiger partial charge in [-0.15, -0.1) is 0 Å². The van der Waals surface area contributed by atoms with Crippen LogP contribution >= 0.6 is 0 Å². The zero-order valence-electron chi connectivity index (χ0n) is 18.0. The van der Waals surface area contributed by atoms with Crippen LogP contribution < -0.4 is 25.0 Å². The minimum Gasteiger partial charge on any atom is -0.490 e. The van der Waals surface area contributed by atoms with E-state index in [2.05, 4.69) is 21.7 Å². The summed E-state index contributed by atoms with van der Waals surface area (Å²) >= 11 is 0. The first-order valence-electron chi connectivity index (χ1n) is 11.1. The Bertz CT molecular complexity index is 944. The second-order valence-corrected chi connectivity index (χ2v) is 7.63. The van der Waals surface area contributed by atoms with E-state index in [0.717, 1.165) is 48.8 Å². The Labute approximate surface area is 183 Å². The molecule has 2 aliphatic rings. The fourth-order valence-electron chi connectivity index (χ4n) is 3.84. The number of carbonyl (C=O) groups excluding carboxylic acids is 1. The lowest BCUT2D eigenvalue weighted by atomic mass is 10.2. The summed E-state index contributed by atoms with van der Waals surface area (Å²) < 4.78 is 11.4. The number of carbonyl (C=O) groups is 1. The molecule has 0 atom stereocenters. The Morgan fingerprint density at radius 1 is 1.13 bits per heavy atom. The van der Waals surface area contributed by atoms with Crippen molar-refractivity contribution in [1.82, 2.24) is 5.32 Å². The van der Waals surface area contributed by atoms with Crippen LogP contribution in [0.1, 0.15) is 31.7 Å². The molecule has 7 heteroatoms. The molecule has 0 aliphatic carbocycles. The van der Waals surface area contributed by atoms with Gasteiger partial charge in [-0.05, 0) is 43.5 Å². The Morgan fingerprint density at radius 3 is 2.84 bits per heavy atom. The fourth-order valence-corrected chi connectivity index (χ4v) is 3.84. The number of nitrogens with one attached hydrogen (secondary N) is 2. The van der Waals surface area contributed by atoms with Gasteiger partial charge in [0.15, 0.2) is 17.5 Å². The average molecular weight is 423 g/mol. The number of benzene rings is 2. The van der Waals surface area contributed by atoms with E-state index in [1.54, 1.807) is 0 Å². The Morgan fingerprint density at radius 2 is 1.97 bits per heavy atom. The molecule has 31 heavy (non-hydrogen) atoms. The SMILES string of the molecule is CCNC(=NCCCC(=O)N1CCc2ccccc21)Nc1ccc2c(c1)OCCCO2. The smallest absolute Gasteiger partial charge is 0.227 e. The number of nitrogens with zero attached hydrogens (tertiary/aromatic N) is 2. The monoisotopic (exact) mass is 422 g/mol. The molecule has 1 amide bonds. The molecule has 0 radical (unpaired) electrons. The predicted octanol–water partition coefficient (Wildman–Crippen LogP) is 3.59. The number of rotatable bonds is 6. The number of anilines is 2. The van der Waals surface area contributed by atoms with Gasteiger partial charge in [-0.1, -0.05) is 18.2 Å². The van der Waals surface area contributed by atoms with E-state index in [1.165, 1.54) is 5.56 Å². The molecule has 4 rings (SSSR count). The summed E-state index contributed by atoms with van der Waals surface area (Å²) in [6.07, 6.45) is 3.00. The van der Waals surface area contributed by atoms with Crippen molar-refractivity contribution >= 4 is 23.2 Å². The number of hydrogen-bond donors (Lipinski definition) is 2. The van der Waals surface area contributed by atoms with Gasteiger partial charge in [-0.2, -0.15) is 0 Å². The number of para-hydroxylation sites is 1. The van der Waals surface area contributed by atoms with Crippen LogP contribution in [0.4, 0.5) is 11.4 Å². The summed E-state index contributed by atoms with van der Waals surface area (Å²) in [5, 5.41) is 6.57. The molecule has 2 heterocycles. The predicted molar refractivity (Wildman–Crippen MR) is 123 cm³/mol. The number of fused-ring (bicyclic) bond motifs is 2. The summed E-state index contributed by atoms with van der Waals surface area (Å²) in [6, 6.07) is 13.9. The van der Waals surface area contributed by atoms with Gasteiger partial charge in [-0.3, -0.25) is 9.79 Å². The van der Waals surface area contributed by atoms with Gasteiger partial charge in [0.2, 0.25) is 5.91 Å². The van der Waals surface area contributed by atoms with Crippen molar-refractivity contribution in [3.63, 3.8) is 0 Å². The third kappa shape index (κ3) is 5.29. The van der Waals surface area contributed by atoms with Gasteiger partial charge in [-0.25, -0.2) is 0 Å². The van der Waals surface area contributed by atoms with Gasteiger partial charge >= 0.3 is 0 Å². The lowest BCUT2D eigenvalue weighted by molar-refractivity contribution is -0.118. The van der Waals surface area contributed by atoms with Crippen LogP contribution in [0, 0.1) is 0 Å². The van der Waals surface area contributed by atoms with Crippen molar-refractivity contribution in [1.29, 1.82) is 0 Å². The summed E-state index contributed by atoms with van der Waals surface area (Å²) in [5.74, 6) is 2.37. The quantitative estimate of drug-likeness (QED) is 0.423. The van der Waals surface area contributed by atoms with Crippen molar-refractivity contribution < 1.29 is 14.3 Å². The maximum Gasteiger partial charge on any atom is 0.227 e. The molecule has 0 fully saturated rings. The first-order valence-corrected chi connectivity index (χ1v) is 11.1. The molecule has 164 valence electrons. The molecular formula is C24H30N4O3.